The van der Waals surface area contributed by atoms with E-state index in [1.54, 1.807) is 6.07 Å². The molecule has 1 aromatic heterocycles. The summed E-state index contributed by atoms with van der Waals surface area (Å²) in [6, 6.07) is 5.51. The lowest BCUT2D eigenvalue weighted by Gasteiger charge is -2.14. The van der Waals surface area contributed by atoms with Crippen molar-refractivity contribution in [3.8, 4) is 11.3 Å². The van der Waals surface area contributed by atoms with Gasteiger partial charge in [-0.15, -0.1) is 0 Å². The summed E-state index contributed by atoms with van der Waals surface area (Å²) >= 11 is 6.03. The highest BCUT2D eigenvalue weighted by atomic mass is 35.5. The molecule has 1 aliphatic rings. The van der Waals surface area contributed by atoms with Crippen molar-refractivity contribution in [2.24, 2.45) is 0 Å². The van der Waals surface area contributed by atoms with Gasteiger partial charge < -0.3 is 5.73 Å². The molecule has 0 fully saturated rings. The predicted molar refractivity (Wildman–Crippen MR) is 95.0 cm³/mol. The molecule has 2 N–H and O–H groups in total. The Kier molecular flexibility index (Phi) is 4.50. The molecule has 0 unspecified atom stereocenters. The minimum atomic E-state index is -3.30. The van der Waals surface area contributed by atoms with E-state index in [2.05, 4.69) is 9.97 Å². The summed E-state index contributed by atoms with van der Waals surface area (Å²) in [5.41, 5.74) is 9.86. The van der Waals surface area contributed by atoms with Crippen LogP contribution in [0.1, 0.15) is 30.2 Å². The van der Waals surface area contributed by atoms with E-state index in [0.717, 1.165) is 16.7 Å². The van der Waals surface area contributed by atoms with Gasteiger partial charge in [-0.2, -0.15) is 4.31 Å². The number of halogens is 1. The van der Waals surface area contributed by atoms with Crippen molar-refractivity contribution in [2.45, 2.75) is 33.4 Å². The average Bonchev–Trinajstić information content (AvgIpc) is 2.91. The van der Waals surface area contributed by atoms with Crippen molar-refractivity contribution in [1.82, 2.24) is 14.3 Å². The molecule has 2 heterocycles. The summed E-state index contributed by atoms with van der Waals surface area (Å²) in [4.78, 5) is 8.62. The topological polar surface area (TPSA) is 89.2 Å². The Morgan fingerprint density at radius 2 is 2.04 bits per heavy atom. The number of hydrogen-bond donors (Lipinski definition) is 1. The maximum absolute atomic E-state index is 12.4. The smallest absolute Gasteiger partial charge is 0.220 e. The summed E-state index contributed by atoms with van der Waals surface area (Å²) in [6.07, 6.45) is 0.576. The van der Waals surface area contributed by atoms with Crippen molar-refractivity contribution in [1.29, 1.82) is 0 Å². The van der Waals surface area contributed by atoms with E-state index in [9.17, 15) is 8.42 Å². The van der Waals surface area contributed by atoms with E-state index in [4.69, 9.17) is 17.3 Å². The largest absolute Gasteiger partial charge is 0.368 e. The van der Waals surface area contributed by atoms with E-state index in [1.165, 1.54) is 4.31 Å². The molecule has 6 nitrogen and oxygen atoms in total. The molecule has 8 heteroatoms. The van der Waals surface area contributed by atoms with Crippen LogP contribution in [-0.2, 0) is 23.1 Å². The third-order valence-electron chi connectivity index (χ3n) is 4.07. The molecule has 0 amide bonds. The Balaban J connectivity index is 2.08. The van der Waals surface area contributed by atoms with Crippen LogP contribution in [0.15, 0.2) is 18.2 Å². The Bertz CT molecular complexity index is 899. The summed E-state index contributed by atoms with van der Waals surface area (Å²) in [7, 11) is -3.30. The highest BCUT2D eigenvalue weighted by Crippen LogP contribution is 2.34. The molecular formula is C16H19ClN4O2S. The highest BCUT2D eigenvalue weighted by molar-refractivity contribution is 7.89. The van der Waals surface area contributed by atoms with Gasteiger partial charge in [-0.05, 0) is 31.0 Å². The van der Waals surface area contributed by atoms with Crippen molar-refractivity contribution in [3.63, 3.8) is 0 Å². The molecule has 0 saturated carbocycles. The second kappa shape index (κ2) is 6.31. The second-order valence-electron chi connectivity index (χ2n) is 5.90. The number of anilines is 1. The Labute approximate surface area is 146 Å². The van der Waals surface area contributed by atoms with Gasteiger partial charge in [-0.1, -0.05) is 24.6 Å². The lowest BCUT2D eigenvalue weighted by Crippen LogP contribution is -2.27. The number of rotatable bonds is 4. The Morgan fingerprint density at radius 3 is 2.71 bits per heavy atom. The molecule has 0 aliphatic carbocycles. The normalized spacial score (nSPS) is 14.8. The molecule has 0 saturated heterocycles. The van der Waals surface area contributed by atoms with Crippen LogP contribution in [0.25, 0.3) is 11.3 Å². The summed E-state index contributed by atoms with van der Waals surface area (Å²) in [5.74, 6) is 0.270. The Morgan fingerprint density at radius 1 is 1.29 bits per heavy atom. The predicted octanol–water partition coefficient (Wildman–Crippen LogP) is 2.74. The number of benzene rings is 1. The zero-order chi connectivity index (χ0) is 17.5. The van der Waals surface area contributed by atoms with Crippen LogP contribution in [-0.4, -0.2) is 28.4 Å². The minimum Gasteiger partial charge on any atom is -0.368 e. The monoisotopic (exact) mass is 366 g/mol. The second-order valence-corrected chi connectivity index (χ2v) is 8.42. The third-order valence-corrected chi connectivity index (χ3v) is 6.27. The molecule has 0 atom stereocenters. The number of nitrogens with two attached hydrogens (primary N) is 1. The average molecular weight is 367 g/mol. The van der Waals surface area contributed by atoms with Crippen LogP contribution >= 0.6 is 11.6 Å². The molecule has 3 rings (SSSR count). The van der Waals surface area contributed by atoms with Gasteiger partial charge in [0.05, 0.1) is 23.7 Å². The van der Waals surface area contributed by atoms with Crippen molar-refractivity contribution < 1.29 is 8.42 Å². The van der Waals surface area contributed by atoms with Gasteiger partial charge in [0.2, 0.25) is 16.0 Å². The van der Waals surface area contributed by atoms with Crippen LogP contribution in [0, 0.1) is 6.92 Å². The number of hydrogen-bond acceptors (Lipinski definition) is 5. The molecule has 2 aromatic rings. The fourth-order valence-electron chi connectivity index (χ4n) is 2.94. The van der Waals surface area contributed by atoms with Gasteiger partial charge >= 0.3 is 0 Å². The maximum atomic E-state index is 12.4. The fourth-order valence-corrected chi connectivity index (χ4v) is 4.59. The lowest BCUT2D eigenvalue weighted by molar-refractivity contribution is 0.429. The first-order valence-corrected chi connectivity index (χ1v) is 9.70. The molecule has 128 valence electrons. The van der Waals surface area contributed by atoms with Gasteiger partial charge in [0.25, 0.3) is 0 Å². The molecule has 1 aliphatic heterocycles. The number of aryl methyl sites for hydroxylation is 1. The standard InChI is InChI=1S/C16H19ClN4O2S/c1-3-6-24(22,23)21-8-13-14(9-21)19-16(18)20-15(13)12-5-4-11(17)7-10(12)2/h4-5,7H,3,6,8-9H2,1-2H3,(H2,18,19,20). The van der Waals surface area contributed by atoms with Gasteiger partial charge in [0.1, 0.15) is 0 Å². The molecule has 0 bridgehead atoms. The number of nitrogen functional groups attached to an aromatic ring is 1. The van der Waals surface area contributed by atoms with Gasteiger partial charge in [-0.3, -0.25) is 0 Å². The highest BCUT2D eigenvalue weighted by Gasteiger charge is 2.32. The number of sulfonamides is 1. The van der Waals surface area contributed by atoms with Crippen LogP contribution < -0.4 is 5.73 Å². The molecular weight excluding hydrogens is 348 g/mol. The SMILES string of the molecule is CCCS(=O)(=O)N1Cc2nc(N)nc(-c3ccc(Cl)cc3C)c2C1. The maximum Gasteiger partial charge on any atom is 0.220 e. The summed E-state index contributed by atoms with van der Waals surface area (Å²) in [5, 5.41) is 0.641. The van der Waals surface area contributed by atoms with E-state index in [1.807, 2.05) is 26.0 Å². The van der Waals surface area contributed by atoms with Gasteiger partial charge in [0.15, 0.2) is 0 Å². The van der Waals surface area contributed by atoms with Crippen LogP contribution in [0.2, 0.25) is 5.02 Å². The Hall–Kier alpha value is -1.70. The zero-order valence-electron chi connectivity index (χ0n) is 13.6. The first-order valence-electron chi connectivity index (χ1n) is 7.71. The van der Waals surface area contributed by atoms with Crippen LogP contribution in [0.4, 0.5) is 5.95 Å². The molecule has 0 radical (unpaired) electrons. The lowest BCUT2D eigenvalue weighted by atomic mass is 10.0. The van der Waals surface area contributed by atoms with E-state index < -0.39 is 10.0 Å². The molecule has 0 spiro atoms. The molecule has 24 heavy (non-hydrogen) atoms. The fraction of sp³-hybridized carbons (Fsp3) is 0.375. The van der Waals surface area contributed by atoms with E-state index in [-0.39, 0.29) is 24.8 Å². The number of fused-ring (bicyclic) bond motifs is 1. The van der Waals surface area contributed by atoms with Crippen LogP contribution in [0.3, 0.4) is 0 Å². The zero-order valence-corrected chi connectivity index (χ0v) is 15.2. The van der Waals surface area contributed by atoms with Crippen molar-refractivity contribution >= 4 is 27.6 Å². The quantitative estimate of drug-likeness (QED) is 0.898. The minimum absolute atomic E-state index is 0.124. The number of nitrogens with zero attached hydrogens (tertiary/aromatic N) is 3. The van der Waals surface area contributed by atoms with Gasteiger partial charge in [-0.25, -0.2) is 18.4 Å². The first kappa shape index (κ1) is 17.1. The first-order chi connectivity index (χ1) is 11.3. The third kappa shape index (κ3) is 3.11. The summed E-state index contributed by atoms with van der Waals surface area (Å²) < 4.78 is 26.2. The van der Waals surface area contributed by atoms with Gasteiger partial charge in [0, 0.05) is 22.7 Å². The van der Waals surface area contributed by atoms with Crippen LogP contribution in [0.5, 0.6) is 0 Å². The van der Waals surface area contributed by atoms with Crippen molar-refractivity contribution in [3.05, 3.63) is 40.0 Å². The number of aromatic nitrogens is 2. The summed E-state index contributed by atoms with van der Waals surface area (Å²) in [6.45, 7) is 4.30. The van der Waals surface area contributed by atoms with Crippen molar-refractivity contribution in [2.75, 3.05) is 11.5 Å². The van der Waals surface area contributed by atoms with E-state index >= 15 is 0 Å². The molecule has 1 aromatic carbocycles. The van der Waals surface area contributed by atoms with E-state index in [0.29, 0.717) is 22.8 Å².